The first kappa shape index (κ1) is 41.7. The van der Waals surface area contributed by atoms with E-state index in [1.165, 1.54) is 18.4 Å². The van der Waals surface area contributed by atoms with Gasteiger partial charge in [0.1, 0.15) is 11.5 Å². The second kappa shape index (κ2) is 16.9. The highest BCUT2D eigenvalue weighted by molar-refractivity contribution is 6.90. The van der Waals surface area contributed by atoms with E-state index in [9.17, 15) is 10.2 Å². The van der Waals surface area contributed by atoms with Crippen LogP contribution in [0.2, 0.25) is 77.6 Å². The molecule has 266 valence electrons. The Kier molecular flexibility index (Phi) is 15.3. The van der Waals surface area contributed by atoms with Gasteiger partial charge in [-0.05, 0) is 140 Å². The highest BCUT2D eigenvalue weighted by Crippen LogP contribution is 2.48. The molecule has 0 heterocycles. The van der Waals surface area contributed by atoms with Gasteiger partial charge in [-0.15, -0.1) is 0 Å². The van der Waals surface area contributed by atoms with E-state index in [1.54, 1.807) is 0 Å². The first-order valence-corrected chi connectivity index (χ1v) is 32.7. The Labute approximate surface area is 288 Å². The molecule has 11 heteroatoms. The number of hydrogen-bond acceptors (Lipinski definition) is 6. The summed E-state index contributed by atoms with van der Waals surface area (Å²) in [5.74, 6) is 1.12. The van der Waals surface area contributed by atoms with Crippen molar-refractivity contribution >= 4 is 42.3 Å². The molecule has 1 unspecified atom stereocenters. The number of hydrogen-bond donors (Lipinski definition) is 2. The van der Waals surface area contributed by atoms with Gasteiger partial charge in [-0.25, -0.2) is 0 Å². The van der Waals surface area contributed by atoms with Crippen molar-refractivity contribution in [2.75, 3.05) is 0 Å². The third-order valence-electron chi connectivity index (χ3n) is 9.10. The summed E-state index contributed by atoms with van der Waals surface area (Å²) >= 11 is 0. The van der Waals surface area contributed by atoms with E-state index in [0.717, 1.165) is 56.2 Å². The summed E-state index contributed by atoms with van der Waals surface area (Å²) < 4.78 is 27.4. The molecule has 3 atom stereocenters. The zero-order valence-electron chi connectivity index (χ0n) is 32.1. The van der Waals surface area contributed by atoms with Gasteiger partial charge < -0.3 is 26.7 Å². The zero-order chi connectivity index (χ0) is 35.1. The van der Waals surface area contributed by atoms with Crippen LogP contribution in [-0.2, 0) is 22.9 Å². The van der Waals surface area contributed by atoms with Crippen molar-refractivity contribution in [3.63, 3.8) is 0 Å². The van der Waals surface area contributed by atoms with E-state index in [1.807, 2.05) is 12.1 Å². The van der Waals surface area contributed by atoms with Crippen LogP contribution in [0.1, 0.15) is 89.7 Å². The smallest absolute Gasteiger partial charge is 0.314 e. The van der Waals surface area contributed by atoms with Crippen LogP contribution < -0.4 is 0 Å². The molecular weight excluding hydrogens is 657 g/mol. The minimum atomic E-state index is -2.52. The molecule has 0 aromatic heterocycles. The van der Waals surface area contributed by atoms with Crippen LogP contribution >= 0.6 is 0 Å². The van der Waals surface area contributed by atoms with Crippen LogP contribution in [0.25, 0.3) is 0 Å². The highest BCUT2D eigenvalue weighted by Gasteiger charge is 2.46. The number of benzene rings is 1. The zero-order valence-corrected chi connectivity index (χ0v) is 37.1. The van der Waals surface area contributed by atoms with E-state index in [0.29, 0.717) is 17.4 Å². The lowest BCUT2D eigenvalue weighted by Crippen LogP contribution is -2.58. The fourth-order valence-electron chi connectivity index (χ4n) is 7.97. The first-order valence-electron chi connectivity index (χ1n) is 18.0. The SMILES string of the molecule is CCCCCc1cc(O)c([C@@H]2C=C(C)CC[C@H]2C(C)C[Si](C)(C)O[Si](C)(C)O[Si](C)(C)O[Si](C)(C)O[Si](C)(C)CCCC)c(O)c1. The van der Waals surface area contributed by atoms with Gasteiger partial charge in [0, 0.05) is 11.5 Å². The number of aryl methyl sites for hydroxylation is 1. The fourth-order valence-corrected chi connectivity index (χ4v) is 33.5. The highest BCUT2D eigenvalue weighted by atomic mass is 28.5. The number of aromatic hydroxyl groups is 2. The van der Waals surface area contributed by atoms with Crippen LogP contribution in [0.3, 0.4) is 0 Å². The second-order valence-corrected chi connectivity index (χ2v) is 36.3. The molecule has 2 rings (SSSR count). The van der Waals surface area contributed by atoms with Gasteiger partial charge in [0.15, 0.2) is 16.6 Å². The maximum atomic E-state index is 11.2. The molecule has 6 nitrogen and oxygen atoms in total. The van der Waals surface area contributed by atoms with E-state index in [4.69, 9.17) is 16.5 Å². The summed E-state index contributed by atoms with van der Waals surface area (Å²) in [4.78, 5) is 0. The normalized spacial score (nSPS) is 19.3. The average molecular weight is 727 g/mol. The van der Waals surface area contributed by atoms with Gasteiger partial charge in [-0.3, -0.25) is 0 Å². The summed E-state index contributed by atoms with van der Waals surface area (Å²) in [6.45, 7) is 31.2. The van der Waals surface area contributed by atoms with Crippen molar-refractivity contribution in [2.45, 2.75) is 163 Å². The van der Waals surface area contributed by atoms with E-state index >= 15 is 0 Å². The number of rotatable bonds is 19. The molecule has 1 aliphatic carbocycles. The van der Waals surface area contributed by atoms with E-state index in [2.05, 4.69) is 99.2 Å². The minimum absolute atomic E-state index is 0.0168. The Bertz CT molecular complexity index is 1130. The molecule has 0 bridgehead atoms. The quantitative estimate of drug-likeness (QED) is 0.0839. The third-order valence-corrected chi connectivity index (χ3v) is 28.5. The van der Waals surface area contributed by atoms with Crippen molar-refractivity contribution in [1.29, 1.82) is 0 Å². The Hall–Kier alpha value is -0.516. The topological polar surface area (TPSA) is 77.4 Å². The van der Waals surface area contributed by atoms with E-state index in [-0.39, 0.29) is 17.4 Å². The number of phenols is 2. The lowest BCUT2D eigenvalue weighted by molar-refractivity contribution is 0.284. The van der Waals surface area contributed by atoms with Gasteiger partial charge >= 0.3 is 25.7 Å². The summed E-state index contributed by atoms with van der Waals surface area (Å²) in [6.07, 6.45) is 11.0. The lowest BCUT2D eigenvalue weighted by atomic mass is 9.71. The first-order chi connectivity index (χ1) is 21.0. The van der Waals surface area contributed by atoms with Crippen LogP contribution in [0.4, 0.5) is 0 Å². The maximum absolute atomic E-state index is 11.2. The van der Waals surface area contributed by atoms with Crippen LogP contribution in [0, 0.1) is 11.8 Å². The molecule has 0 amide bonds. The predicted octanol–water partition coefficient (Wildman–Crippen LogP) is 11.3. The Balaban J connectivity index is 2.16. The second-order valence-electron chi connectivity index (χ2n) is 16.7. The van der Waals surface area contributed by atoms with Gasteiger partial charge in [0.2, 0.25) is 0 Å². The van der Waals surface area contributed by atoms with Gasteiger partial charge in [-0.2, -0.15) is 0 Å². The van der Waals surface area contributed by atoms with Crippen molar-refractivity contribution in [3.05, 3.63) is 34.9 Å². The average Bonchev–Trinajstić information content (AvgIpc) is 2.84. The molecule has 1 aromatic carbocycles. The monoisotopic (exact) mass is 726 g/mol. The van der Waals surface area contributed by atoms with Crippen LogP contribution in [0.15, 0.2) is 23.8 Å². The maximum Gasteiger partial charge on any atom is 0.314 e. The Morgan fingerprint density at radius 1 is 0.739 bits per heavy atom. The molecule has 2 N–H and O–H groups in total. The van der Waals surface area contributed by atoms with Gasteiger partial charge in [-0.1, -0.05) is 58.1 Å². The predicted molar refractivity (Wildman–Crippen MR) is 208 cm³/mol. The molecule has 1 aromatic rings. The summed E-state index contributed by atoms with van der Waals surface area (Å²) in [5.41, 5.74) is 3.03. The largest absolute Gasteiger partial charge is 0.507 e. The summed E-state index contributed by atoms with van der Waals surface area (Å²) in [7, 11) is -11.3. The van der Waals surface area contributed by atoms with Crippen LogP contribution in [0.5, 0.6) is 11.5 Å². The lowest BCUT2D eigenvalue weighted by Gasteiger charge is -2.43. The molecule has 0 fully saturated rings. The summed E-state index contributed by atoms with van der Waals surface area (Å²) in [6, 6.07) is 5.92. The van der Waals surface area contributed by atoms with Crippen molar-refractivity contribution in [1.82, 2.24) is 0 Å². The van der Waals surface area contributed by atoms with Crippen LogP contribution in [-0.4, -0.2) is 52.5 Å². The van der Waals surface area contributed by atoms with Crippen molar-refractivity contribution < 1.29 is 26.7 Å². The molecule has 0 saturated heterocycles. The molecule has 0 radical (unpaired) electrons. The minimum Gasteiger partial charge on any atom is -0.507 e. The standard InChI is InChI=1S/C35H70O6Si5/c1-15-17-19-20-30-25-33(36)35(34(37)26-30)32-24-28(3)21-22-31(32)29(4)27-43(7,8)39-45(11,12)41-46(13,14)40-44(9,10)38-42(5,6)23-18-16-2/h24-26,29,31-32,36-37H,15-23,27H2,1-14H3/t29?,31-,32+/m0/s1. The third kappa shape index (κ3) is 13.8. The number of phenolic OH excluding ortho intramolecular Hbond substituents is 2. The molecule has 46 heavy (non-hydrogen) atoms. The number of unbranched alkanes of at least 4 members (excludes halogenated alkanes) is 3. The van der Waals surface area contributed by atoms with E-state index < -0.39 is 42.3 Å². The van der Waals surface area contributed by atoms with Crippen molar-refractivity contribution in [3.8, 4) is 11.5 Å². The molecule has 0 saturated carbocycles. The molecule has 0 aliphatic heterocycles. The van der Waals surface area contributed by atoms with Crippen molar-refractivity contribution in [2.24, 2.45) is 11.8 Å². The van der Waals surface area contributed by atoms with Gasteiger partial charge in [0.25, 0.3) is 0 Å². The van der Waals surface area contributed by atoms with Gasteiger partial charge in [0.05, 0.1) is 0 Å². The fraction of sp³-hybridized carbons (Fsp3) is 0.771. The Morgan fingerprint density at radius 2 is 1.24 bits per heavy atom. The molecule has 1 aliphatic rings. The molecular formula is C35H70O6Si5. The Morgan fingerprint density at radius 3 is 1.76 bits per heavy atom. The number of allylic oxidation sites excluding steroid dienone is 2. The molecule has 0 spiro atoms. The summed E-state index contributed by atoms with van der Waals surface area (Å²) in [5, 5.41) is 22.4.